The van der Waals surface area contributed by atoms with Gasteiger partial charge in [0.25, 0.3) is 10.0 Å². The zero-order chi connectivity index (χ0) is 12.2. The molecule has 1 heterocycles. The van der Waals surface area contributed by atoms with Crippen LogP contribution >= 0.6 is 27.3 Å². The third kappa shape index (κ3) is 3.85. The first-order valence-electron chi connectivity index (χ1n) is 4.47. The molecule has 0 bridgehead atoms. The molecular formula is C8H11BrN2O3S2. The molecule has 0 atom stereocenters. The Balaban J connectivity index is 2.63. The highest BCUT2D eigenvalue weighted by Crippen LogP contribution is 2.25. The summed E-state index contributed by atoms with van der Waals surface area (Å²) in [7, 11) is -3.58. The van der Waals surface area contributed by atoms with Crippen molar-refractivity contribution in [2.75, 3.05) is 13.1 Å². The monoisotopic (exact) mass is 326 g/mol. The molecule has 0 aromatic carbocycles. The van der Waals surface area contributed by atoms with E-state index < -0.39 is 10.0 Å². The van der Waals surface area contributed by atoms with Crippen molar-refractivity contribution in [1.82, 2.24) is 10.0 Å². The smallest absolute Gasteiger partial charge is 0.250 e. The van der Waals surface area contributed by atoms with Crippen molar-refractivity contribution in [3.63, 3.8) is 0 Å². The number of amides is 1. The maximum absolute atomic E-state index is 11.7. The van der Waals surface area contributed by atoms with Gasteiger partial charge in [0.05, 0.1) is 10.3 Å². The van der Waals surface area contributed by atoms with Gasteiger partial charge in [0.15, 0.2) is 0 Å². The molecule has 5 nitrogen and oxygen atoms in total. The SMILES string of the molecule is CCNC(=O)CNS(=O)(=O)c1ccc(Br)s1. The molecule has 1 aromatic heterocycles. The number of carbonyl (C=O) groups excluding carboxylic acids is 1. The number of sulfonamides is 1. The highest BCUT2D eigenvalue weighted by Gasteiger charge is 2.17. The minimum Gasteiger partial charge on any atom is -0.355 e. The lowest BCUT2D eigenvalue weighted by Crippen LogP contribution is -2.36. The molecule has 1 aromatic rings. The number of hydrogen-bond donors (Lipinski definition) is 2. The number of thiophene rings is 1. The lowest BCUT2D eigenvalue weighted by molar-refractivity contribution is -0.119. The van der Waals surface area contributed by atoms with Gasteiger partial charge in [0.2, 0.25) is 5.91 Å². The molecule has 0 fully saturated rings. The van der Waals surface area contributed by atoms with Crippen LogP contribution in [0.4, 0.5) is 0 Å². The number of carbonyl (C=O) groups is 1. The van der Waals surface area contributed by atoms with E-state index in [-0.39, 0.29) is 16.7 Å². The van der Waals surface area contributed by atoms with Crippen molar-refractivity contribution >= 4 is 43.2 Å². The molecule has 90 valence electrons. The Bertz CT molecular complexity index is 469. The largest absolute Gasteiger partial charge is 0.355 e. The van der Waals surface area contributed by atoms with Crippen LogP contribution in [-0.2, 0) is 14.8 Å². The van der Waals surface area contributed by atoms with E-state index in [9.17, 15) is 13.2 Å². The summed E-state index contributed by atoms with van der Waals surface area (Å²) in [5.74, 6) is -0.346. The summed E-state index contributed by atoms with van der Waals surface area (Å²) >= 11 is 4.27. The molecule has 2 N–H and O–H groups in total. The van der Waals surface area contributed by atoms with E-state index in [4.69, 9.17) is 0 Å². The van der Waals surface area contributed by atoms with Crippen molar-refractivity contribution in [3.8, 4) is 0 Å². The minimum atomic E-state index is -3.58. The second-order valence-electron chi connectivity index (χ2n) is 2.84. The van der Waals surface area contributed by atoms with Crippen molar-refractivity contribution in [2.24, 2.45) is 0 Å². The van der Waals surface area contributed by atoms with E-state index in [0.29, 0.717) is 6.54 Å². The van der Waals surface area contributed by atoms with Gasteiger partial charge in [-0.25, -0.2) is 13.1 Å². The van der Waals surface area contributed by atoms with Crippen molar-refractivity contribution in [1.29, 1.82) is 0 Å². The first-order valence-corrected chi connectivity index (χ1v) is 7.56. The molecule has 0 aliphatic rings. The molecule has 8 heteroatoms. The number of halogens is 1. The normalized spacial score (nSPS) is 11.4. The van der Waals surface area contributed by atoms with Crippen LogP contribution in [0.25, 0.3) is 0 Å². The summed E-state index contributed by atoms with van der Waals surface area (Å²) in [5, 5.41) is 2.50. The molecule has 0 aliphatic heterocycles. The van der Waals surface area contributed by atoms with E-state index in [1.54, 1.807) is 13.0 Å². The van der Waals surface area contributed by atoms with Crippen LogP contribution in [-0.4, -0.2) is 27.4 Å². The van der Waals surface area contributed by atoms with E-state index in [2.05, 4.69) is 26.0 Å². The summed E-state index contributed by atoms with van der Waals surface area (Å²) in [6.45, 7) is 2.00. The topological polar surface area (TPSA) is 75.3 Å². The molecule has 0 unspecified atom stereocenters. The summed E-state index contributed by atoms with van der Waals surface area (Å²) < 4.78 is 26.4. The first-order chi connectivity index (χ1) is 7.45. The predicted octanol–water partition coefficient (Wildman–Crippen LogP) is 0.925. The molecule has 0 aliphatic carbocycles. The van der Waals surface area contributed by atoms with Gasteiger partial charge < -0.3 is 5.32 Å². The van der Waals surface area contributed by atoms with Gasteiger partial charge >= 0.3 is 0 Å². The predicted molar refractivity (Wildman–Crippen MR) is 65.9 cm³/mol. The van der Waals surface area contributed by atoms with Crippen LogP contribution in [0.3, 0.4) is 0 Å². The lowest BCUT2D eigenvalue weighted by Gasteiger charge is -2.04. The van der Waals surface area contributed by atoms with Gasteiger partial charge in [0, 0.05) is 6.54 Å². The molecular weight excluding hydrogens is 316 g/mol. The molecule has 0 saturated heterocycles. The van der Waals surface area contributed by atoms with E-state index in [0.717, 1.165) is 15.1 Å². The summed E-state index contributed by atoms with van der Waals surface area (Å²) in [5.41, 5.74) is 0. The fourth-order valence-corrected chi connectivity index (χ4v) is 3.97. The summed E-state index contributed by atoms with van der Waals surface area (Å²) in [6, 6.07) is 3.13. The van der Waals surface area contributed by atoms with Crippen LogP contribution in [0.2, 0.25) is 0 Å². The lowest BCUT2D eigenvalue weighted by atomic mass is 10.6. The van der Waals surface area contributed by atoms with Crippen LogP contribution in [0.5, 0.6) is 0 Å². The van der Waals surface area contributed by atoms with Gasteiger partial charge in [-0.2, -0.15) is 0 Å². The Kier molecular flexibility index (Phi) is 4.90. The van der Waals surface area contributed by atoms with Crippen LogP contribution < -0.4 is 10.0 Å². The fourth-order valence-electron chi connectivity index (χ4n) is 0.933. The maximum Gasteiger partial charge on any atom is 0.250 e. The zero-order valence-electron chi connectivity index (χ0n) is 8.49. The number of likely N-dealkylation sites (N-methyl/N-ethyl adjacent to an activating group) is 1. The fraction of sp³-hybridized carbons (Fsp3) is 0.375. The van der Waals surface area contributed by atoms with Gasteiger partial charge in [-0.3, -0.25) is 4.79 Å². The van der Waals surface area contributed by atoms with E-state index in [1.165, 1.54) is 6.07 Å². The summed E-state index contributed by atoms with van der Waals surface area (Å²) in [6.07, 6.45) is 0. The Morgan fingerprint density at radius 1 is 1.50 bits per heavy atom. The molecule has 16 heavy (non-hydrogen) atoms. The van der Waals surface area contributed by atoms with Crippen molar-refractivity contribution in [3.05, 3.63) is 15.9 Å². The third-order valence-electron chi connectivity index (χ3n) is 1.61. The standard InChI is InChI=1S/C8H11BrN2O3S2/c1-2-10-7(12)5-11-16(13,14)8-4-3-6(9)15-8/h3-4,11H,2,5H2,1H3,(H,10,12). The Labute approximate surface area is 106 Å². The number of rotatable bonds is 5. The van der Waals surface area contributed by atoms with Crippen LogP contribution in [0, 0.1) is 0 Å². The number of hydrogen-bond acceptors (Lipinski definition) is 4. The molecule has 1 rings (SSSR count). The Morgan fingerprint density at radius 2 is 2.19 bits per heavy atom. The Hall–Kier alpha value is -0.440. The zero-order valence-corrected chi connectivity index (χ0v) is 11.7. The van der Waals surface area contributed by atoms with Gasteiger partial charge in [-0.05, 0) is 35.0 Å². The third-order valence-corrected chi connectivity index (χ3v) is 5.13. The van der Waals surface area contributed by atoms with Crippen molar-refractivity contribution < 1.29 is 13.2 Å². The van der Waals surface area contributed by atoms with Crippen molar-refractivity contribution in [2.45, 2.75) is 11.1 Å². The van der Waals surface area contributed by atoms with E-state index in [1.807, 2.05) is 0 Å². The molecule has 0 saturated carbocycles. The second-order valence-corrected chi connectivity index (χ2v) is 7.29. The summed E-state index contributed by atoms with van der Waals surface area (Å²) in [4.78, 5) is 11.1. The number of nitrogens with one attached hydrogen (secondary N) is 2. The minimum absolute atomic E-state index is 0.184. The maximum atomic E-state index is 11.7. The highest BCUT2D eigenvalue weighted by atomic mass is 79.9. The van der Waals surface area contributed by atoms with Gasteiger partial charge in [-0.15, -0.1) is 11.3 Å². The quantitative estimate of drug-likeness (QED) is 0.845. The molecule has 1 amide bonds. The molecule has 0 spiro atoms. The average Bonchev–Trinajstić information content (AvgIpc) is 2.63. The Morgan fingerprint density at radius 3 is 2.69 bits per heavy atom. The van der Waals surface area contributed by atoms with E-state index >= 15 is 0 Å². The van der Waals surface area contributed by atoms with Crippen LogP contribution in [0.1, 0.15) is 6.92 Å². The average molecular weight is 327 g/mol. The highest BCUT2D eigenvalue weighted by molar-refractivity contribution is 9.11. The van der Waals surface area contributed by atoms with Gasteiger partial charge in [0.1, 0.15) is 4.21 Å². The molecule has 0 radical (unpaired) electrons. The van der Waals surface area contributed by atoms with Crippen LogP contribution in [0.15, 0.2) is 20.1 Å². The first kappa shape index (κ1) is 13.6. The van der Waals surface area contributed by atoms with Gasteiger partial charge in [-0.1, -0.05) is 0 Å². The second kappa shape index (κ2) is 5.76.